The molecular weight excluding hydrogens is 174 g/mol. The SMILES string of the molecule is CC(=O)N1CCC(OCC(=O)O)C1. The van der Waals surface area contributed by atoms with Gasteiger partial charge in [0.1, 0.15) is 6.61 Å². The highest BCUT2D eigenvalue weighted by molar-refractivity contribution is 5.73. The van der Waals surface area contributed by atoms with Crippen molar-refractivity contribution >= 4 is 11.9 Å². The molecule has 1 rings (SSSR count). The molecule has 0 aromatic heterocycles. The minimum atomic E-state index is -0.971. The number of hydrogen-bond acceptors (Lipinski definition) is 3. The first-order valence-corrected chi connectivity index (χ1v) is 4.18. The second-order valence-electron chi connectivity index (χ2n) is 3.08. The largest absolute Gasteiger partial charge is 0.480 e. The number of carboxylic acids is 1. The van der Waals surface area contributed by atoms with Crippen LogP contribution in [-0.2, 0) is 14.3 Å². The third-order valence-electron chi connectivity index (χ3n) is 2.03. The van der Waals surface area contributed by atoms with E-state index in [-0.39, 0.29) is 18.6 Å². The molecule has 1 fully saturated rings. The molecule has 1 unspecified atom stereocenters. The minimum absolute atomic E-state index is 0.0152. The predicted octanol–water partition coefficient (Wildman–Crippen LogP) is -0.292. The van der Waals surface area contributed by atoms with Crippen molar-refractivity contribution < 1.29 is 19.4 Å². The number of carbonyl (C=O) groups is 2. The highest BCUT2D eigenvalue weighted by Gasteiger charge is 2.24. The van der Waals surface area contributed by atoms with E-state index in [0.29, 0.717) is 13.1 Å². The highest BCUT2D eigenvalue weighted by Crippen LogP contribution is 2.12. The van der Waals surface area contributed by atoms with Gasteiger partial charge < -0.3 is 14.7 Å². The molecule has 1 heterocycles. The number of hydrogen-bond donors (Lipinski definition) is 1. The summed E-state index contributed by atoms with van der Waals surface area (Å²) in [4.78, 5) is 22.7. The summed E-state index contributed by atoms with van der Waals surface area (Å²) in [5.41, 5.74) is 0. The molecule has 0 bridgehead atoms. The van der Waals surface area contributed by atoms with Gasteiger partial charge in [0.2, 0.25) is 5.91 Å². The number of carbonyl (C=O) groups excluding carboxylic acids is 1. The number of aliphatic carboxylic acids is 1. The normalized spacial score (nSPS) is 21.9. The summed E-state index contributed by atoms with van der Waals surface area (Å²) >= 11 is 0. The first-order chi connectivity index (χ1) is 6.09. The Hall–Kier alpha value is -1.10. The third-order valence-corrected chi connectivity index (χ3v) is 2.03. The Labute approximate surface area is 76.3 Å². The zero-order chi connectivity index (χ0) is 9.84. The number of amides is 1. The summed E-state index contributed by atoms with van der Waals surface area (Å²) in [6, 6.07) is 0. The molecule has 1 atom stereocenters. The van der Waals surface area contributed by atoms with Gasteiger partial charge in [0.05, 0.1) is 6.10 Å². The van der Waals surface area contributed by atoms with Crippen molar-refractivity contribution in [3.8, 4) is 0 Å². The van der Waals surface area contributed by atoms with Crippen molar-refractivity contribution in [3.63, 3.8) is 0 Å². The molecule has 1 aliphatic heterocycles. The number of rotatable bonds is 3. The topological polar surface area (TPSA) is 66.8 Å². The zero-order valence-corrected chi connectivity index (χ0v) is 7.52. The van der Waals surface area contributed by atoms with Crippen molar-refractivity contribution in [2.75, 3.05) is 19.7 Å². The summed E-state index contributed by atoms with van der Waals surface area (Å²) in [7, 11) is 0. The second kappa shape index (κ2) is 4.23. The third kappa shape index (κ3) is 3.02. The van der Waals surface area contributed by atoms with E-state index in [1.807, 2.05) is 0 Å². The molecule has 5 heteroatoms. The van der Waals surface area contributed by atoms with Gasteiger partial charge in [-0.05, 0) is 6.42 Å². The van der Waals surface area contributed by atoms with Crippen LogP contribution in [0.5, 0.6) is 0 Å². The van der Waals surface area contributed by atoms with Crippen LogP contribution in [0.25, 0.3) is 0 Å². The van der Waals surface area contributed by atoms with Crippen molar-refractivity contribution in [2.45, 2.75) is 19.4 Å². The highest BCUT2D eigenvalue weighted by atomic mass is 16.5. The smallest absolute Gasteiger partial charge is 0.329 e. The van der Waals surface area contributed by atoms with Gasteiger partial charge in [-0.15, -0.1) is 0 Å². The summed E-state index contributed by atoms with van der Waals surface area (Å²) in [6.07, 6.45) is 0.618. The summed E-state index contributed by atoms with van der Waals surface area (Å²) in [5, 5.41) is 8.34. The quantitative estimate of drug-likeness (QED) is 0.659. The van der Waals surface area contributed by atoms with Crippen molar-refractivity contribution in [1.29, 1.82) is 0 Å². The van der Waals surface area contributed by atoms with E-state index < -0.39 is 5.97 Å². The molecule has 0 aromatic carbocycles. The second-order valence-corrected chi connectivity index (χ2v) is 3.08. The molecule has 1 amide bonds. The fourth-order valence-corrected chi connectivity index (χ4v) is 1.34. The van der Waals surface area contributed by atoms with Gasteiger partial charge in [-0.2, -0.15) is 0 Å². The molecular formula is C8H13NO4. The maximum Gasteiger partial charge on any atom is 0.329 e. The van der Waals surface area contributed by atoms with E-state index in [1.165, 1.54) is 6.92 Å². The number of ether oxygens (including phenoxy) is 1. The van der Waals surface area contributed by atoms with Crippen molar-refractivity contribution in [2.24, 2.45) is 0 Å². The van der Waals surface area contributed by atoms with Crippen molar-refractivity contribution in [3.05, 3.63) is 0 Å². The first kappa shape index (κ1) is 9.98. The molecule has 0 radical (unpaired) electrons. The molecule has 5 nitrogen and oxygen atoms in total. The Balaban J connectivity index is 2.25. The van der Waals surface area contributed by atoms with E-state index in [0.717, 1.165) is 6.42 Å². The van der Waals surface area contributed by atoms with Gasteiger partial charge in [0.25, 0.3) is 0 Å². The van der Waals surface area contributed by atoms with E-state index in [9.17, 15) is 9.59 Å². The zero-order valence-electron chi connectivity index (χ0n) is 7.52. The Bertz CT molecular complexity index is 216. The lowest BCUT2D eigenvalue weighted by Gasteiger charge is -2.13. The monoisotopic (exact) mass is 187 g/mol. The average molecular weight is 187 g/mol. The molecule has 1 aliphatic rings. The van der Waals surface area contributed by atoms with Crippen LogP contribution in [0.1, 0.15) is 13.3 Å². The predicted molar refractivity (Wildman–Crippen MR) is 44.2 cm³/mol. The maximum absolute atomic E-state index is 10.9. The molecule has 0 spiro atoms. The first-order valence-electron chi connectivity index (χ1n) is 4.18. The van der Waals surface area contributed by atoms with Gasteiger partial charge in [0.15, 0.2) is 0 Å². The lowest BCUT2D eigenvalue weighted by atomic mass is 10.3. The van der Waals surface area contributed by atoms with E-state index in [4.69, 9.17) is 9.84 Å². The van der Waals surface area contributed by atoms with Crippen LogP contribution < -0.4 is 0 Å². The van der Waals surface area contributed by atoms with Crippen LogP contribution in [0.4, 0.5) is 0 Å². The number of nitrogens with zero attached hydrogens (tertiary/aromatic N) is 1. The molecule has 1 saturated heterocycles. The van der Waals surface area contributed by atoms with Gasteiger partial charge in [-0.25, -0.2) is 4.79 Å². The van der Waals surface area contributed by atoms with Gasteiger partial charge in [-0.3, -0.25) is 4.79 Å². The maximum atomic E-state index is 10.9. The van der Waals surface area contributed by atoms with Crippen LogP contribution in [-0.4, -0.2) is 47.7 Å². The number of carboxylic acid groups (broad SMARTS) is 1. The minimum Gasteiger partial charge on any atom is -0.480 e. The molecule has 0 aromatic rings. The Kier molecular flexibility index (Phi) is 3.25. The average Bonchev–Trinajstić information content (AvgIpc) is 2.48. The van der Waals surface area contributed by atoms with Gasteiger partial charge in [0, 0.05) is 20.0 Å². The Morgan fingerprint density at radius 3 is 2.77 bits per heavy atom. The fraction of sp³-hybridized carbons (Fsp3) is 0.750. The standard InChI is InChI=1S/C8H13NO4/c1-6(10)9-3-2-7(4-9)13-5-8(11)12/h7H,2-5H2,1H3,(H,11,12). The van der Waals surface area contributed by atoms with Gasteiger partial charge >= 0.3 is 5.97 Å². The van der Waals surface area contributed by atoms with Crippen LogP contribution in [0, 0.1) is 0 Å². The fourth-order valence-electron chi connectivity index (χ4n) is 1.34. The summed E-state index contributed by atoms with van der Waals surface area (Å²) in [6.45, 7) is 2.40. The van der Waals surface area contributed by atoms with Crippen LogP contribution in [0.15, 0.2) is 0 Å². The molecule has 0 aliphatic carbocycles. The molecule has 1 N–H and O–H groups in total. The lowest BCUT2D eigenvalue weighted by Crippen LogP contribution is -2.28. The Morgan fingerprint density at radius 1 is 1.62 bits per heavy atom. The number of likely N-dealkylation sites (tertiary alicyclic amines) is 1. The summed E-state index contributed by atoms with van der Waals surface area (Å²) in [5.74, 6) is -0.956. The van der Waals surface area contributed by atoms with Crippen molar-refractivity contribution in [1.82, 2.24) is 4.90 Å². The van der Waals surface area contributed by atoms with E-state index in [1.54, 1.807) is 4.90 Å². The molecule has 13 heavy (non-hydrogen) atoms. The van der Waals surface area contributed by atoms with Crippen LogP contribution in [0.3, 0.4) is 0 Å². The lowest BCUT2D eigenvalue weighted by molar-refractivity contribution is -0.144. The molecule has 0 saturated carbocycles. The summed E-state index contributed by atoms with van der Waals surface area (Å²) < 4.78 is 5.05. The van der Waals surface area contributed by atoms with Crippen LogP contribution >= 0.6 is 0 Å². The Morgan fingerprint density at radius 2 is 2.31 bits per heavy atom. The van der Waals surface area contributed by atoms with E-state index >= 15 is 0 Å². The van der Waals surface area contributed by atoms with E-state index in [2.05, 4.69) is 0 Å². The van der Waals surface area contributed by atoms with Gasteiger partial charge in [-0.1, -0.05) is 0 Å². The molecule has 74 valence electrons. The van der Waals surface area contributed by atoms with Crippen LogP contribution in [0.2, 0.25) is 0 Å².